The molecule has 1 fully saturated rings. The molecule has 2 aromatic heterocycles. The van der Waals surface area contributed by atoms with Crippen molar-refractivity contribution in [2.24, 2.45) is 0 Å². The highest BCUT2D eigenvalue weighted by atomic mass is 32.2. The Morgan fingerprint density at radius 3 is 3.05 bits per heavy atom. The number of rotatable bonds is 4. The number of piperidine rings is 1. The van der Waals surface area contributed by atoms with Crippen LogP contribution < -0.4 is 5.73 Å². The Morgan fingerprint density at radius 2 is 2.36 bits per heavy atom. The van der Waals surface area contributed by atoms with Crippen LogP contribution in [0.1, 0.15) is 37.0 Å². The van der Waals surface area contributed by atoms with E-state index >= 15 is 0 Å². The van der Waals surface area contributed by atoms with Gasteiger partial charge in [0.2, 0.25) is 16.9 Å². The number of hydrogen-bond donors (Lipinski definition) is 1. The highest BCUT2D eigenvalue weighted by Crippen LogP contribution is 2.31. The molecule has 0 unspecified atom stereocenters. The number of amides is 1. The molecule has 0 spiro atoms. The highest BCUT2D eigenvalue weighted by Gasteiger charge is 2.31. The van der Waals surface area contributed by atoms with Crippen molar-refractivity contribution in [3.05, 3.63) is 11.7 Å². The van der Waals surface area contributed by atoms with Crippen LogP contribution in [-0.4, -0.2) is 43.4 Å². The number of aromatic nitrogens is 4. The summed E-state index contributed by atoms with van der Waals surface area (Å²) in [6, 6.07) is -0.123. The van der Waals surface area contributed by atoms with Crippen molar-refractivity contribution >= 4 is 34.1 Å². The Labute approximate surface area is 135 Å². The summed E-state index contributed by atoms with van der Waals surface area (Å²) in [5.74, 6) is 1.46. The van der Waals surface area contributed by atoms with Gasteiger partial charge in [-0.1, -0.05) is 28.3 Å². The van der Waals surface area contributed by atoms with E-state index in [1.807, 2.05) is 4.90 Å². The molecule has 0 saturated carbocycles. The topological polar surface area (TPSA) is 111 Å². The normalized spacial score (nSPS) is 18.6. The standard InChI is InChI=1S/C12H16N6O2S2/c1-7-14-10(20-17-7)8-4-2-3-5-18(8)9(19)6-21-12-16-15-11(13)22-12/h8H,2-6H2,1H3,(H2,13,15)/t8-/m0/s1. The summed E-state index contributed by atoms with van der Waals surface area (Å²) in [6.07, 6.45) is 2.89. The third kappa shape index (κ3) is 3.38. The zero-order valence-corrected chi connectivity index (χ0v) is 13.7. The lowest BCUT2D eigenvalue weighted by molar-refractivity contribution is -0.132. The van der Waals surface area contributed by atoms with Gasteiger partial charge in [-0.15, -0.1) is 10.2 Å². The van der Waals surface area contributed by atoms with E-state index in [0.29, 0.717) is 33.5 Å². The summed E-state index contributed by atoms with van der Waals surface area (Å²) in [5.41, 5.74) is 5.54. The largest absolute Gasteiger partial charge is 0.374 e. The van der Waals surface area contributed by atoms with Crippen molar-refractivity contribution in [1.82, 2.24) is 25.2 Å². The van der Waals surface area contributed by atoms with E-state index in [4.69, 9.17) is 10.3 Å². The van der Waals surface area contributed by atoms with Gasteiger partial charge in [0, 0.05) is 6.54 Å². The second-order valence-electron chi connectivity index (χ2n) is 4.97. The highest BCUT2D eigenvalue weighted by molar-refractivity contribution is 8.01. The van der Waals surface area contributed by atoms with Crippen molar-refractivity contribution in [3.63, 3.8) is 0 Å². The second kappa shape index (κ2) is 6.61. The van der Waals surface area contributed by atoms with Gasteiger partial charge in [0.05, 0.1) is 5.75 Å². The van der Waals surface area contributed by atoms with Gasteiger partial charge in [-0.3, -0.25) is 4.79 Å². The molecule has 3 heterocycles. The number of carbonyl (C=O) groups excluding carboxylic acids is 1. The van der Waals surface area contributed by atoms with Gasteiger partial charge in [-0.05, 0) is 26.2 Å². The number of nitrogens with zero attached hydrogens (tertiary/aromatic N) is 5. The summed E-state index contributed by atoms with van der Waals surface area (Å²) < 4.78 is 5.95. The molecule has 0 aliphatic carbocycles. The summed E-state index contributed by atoms with van der Waals surface area (Å²) >= 11 is 2.64. The van der Waals surface area contributed by atoms with E-state index in [0.717, 1.165) is 19.3 Å². The van der Waals surface area contributed by atoms with Gasteiger partial charge in [0.1, 0.15) is 6.04 Å². The maximum absolute atomic E-state index is 12.5. The van der Waals surface area contributed by atoms with Crippen LogP contribution in [0.25, 0.3) is 0 Å². The minimum Gasteiger partial charge on any atom is -0.374 e. The third-order valence-corrected chi connectivity index (χ3v) is 5.26. The van der Waals surface area contributed by atoms with Crippen molar-refractivity contribution in [2.45, 2.75) is 36.6 Å². The summed E-state index contributed by atoms with van der Waals surface area (Å²) in [5, 5.41) is 11.9. The smallest absolute Gasteiger partial charge is 0.249 e. The lowest BCUT2D eigenvalue weighted by Crippen LogP contribution is -2.39. The number of thioether (sulfide) groups is 1. The number of nitrogens with two attached hydrogens (primary N) is 1. The van der Waals surface area contributed by atoms with Gasteiger partial charge in [0.15, 0.2) is 10.2 Å². The summed E-state index contributed by atoms with van der Waals surface area (Å²) in [7, 11) is 0. The molecule has 3 rings (SSSR count). The molecule has 8 nitrogen and oxygen atoms in total. The van der Waals surface area contributed by atoms with Crippen LogP contribution in [0.4, 0.5) is 5.13 Å². The van der Waals surface area contributed by atoms with Gasteiger partial charge in [-0.25, -0.2) is 0 Å². The number of carbonyl (C=O) groups is 1. The SMILES string of the molecule is Cc1noc([C@@H]2CCCCN2C(=O)CSc2nnc(N)s2)n1. The Bertz CT molecular complexity index is 658. The van der Waals surface area contributed by atoms with Gasteiger partial charge in [-0.2, -0.15) is 4.98 Å². The molecule has 22 heavy (non-hydrogen) atoms. The maximum Gasteiger partial charge on any atom is 0.249 e. The Balaban J connectivity index is 1.66. The number of hydrogen-bond acceptors (Lipinski definition) is 9. The van der Waals surface area contributed by atoms with Crippen LogP contribution in [0.3, 0.4) is 0 Å². The van der Waals surface area contributed by atoms with Crippen LogP contribution in [0.2, 0.25) is 0 Å². The molecule has 1 atom stereocenters. The van der Waals surface area contributed by atoms with Crippen LogP contribution in [0.15, 0.2) is 8.86 Å². The molecule has 0 radical (unpaired) electrons. The van der Waals surface area contributed by atoms with E-state index in [1.54, 1.807) is 6.92 Å². The Morgan fingerprint density at radius 1 is 1.50 bits per heavy atom. The van der Waals surface area contributed by atoms with Crippen molar-refractivity contribution in [2.75, 3.05) is 18.0 Å². The first-order chi connectivity index (χ1) is 10.6. The third-order valence-electron chi connectivity index (χ3n) is 3.39. The fourth-order valence-electron chi connectivity index (χ4n) is 2.42. The molecule has 2 N–H and O–H groups in total. The average Bonchev–Trinajstić information content (AvgIpc) is 3.13. The predicted molar refractivity (Wildman–Crippen MR) is 82.4 cm³/mol. The van der Waals surface area contributed by atoms with Crippen molar-refractivity contribution in [3.8, 4) is 0 Å². The van der Waals surface area contributed by atoms with Crippen LogP contribution in [0, 0.1) is 6.92 Å². The molecule has 1 aliphatic rings. The van der Waals surface area contributed by atoms with E-state index in [2.05, 4.69) is 20.3 Å². The monoisotopic (exact) mass is 340 g/mol. The molecule has 118 valence electrons. The first-order valence-corrected chi connectivity index (χ1v) is 8.75. The van der Waals surface area contributed by atoms with E-state index in [-0.39, 0.29) is 11.9 Å². The molecular weight excluding hydrogens is 324 g/mol. The molecule has 1 aliphatic heterocycles. The van der Waals surface area contributed by atoms with Gasteiger partial charge in [0.25, 0.3) is 0 Å². The van der Waals surface area contributed by atoms with E-state index < -0.39 is 0 Å². The first-order valence-electron chi connectivity index (χ1n) is 6.95. The zero-order chi connectivity index (χ0) is 15.5. The minimum atomic E-state index is -0.123. The fourth-order valence-corrected chi connectivity index (χ4v) is 3.94. The lowest BCUT2D eigenvalue weighted by Gasteiger charge is -2.33. The lowest BCUT2D eigenvalue weighted by atomic mass is 10.0. The molecule has 0 aromatic carbocycles. The summed E-state index contributed by atoms with van der Waals surface area (Å²) in [6.45, 7) is 2.49. The van der Waals surface area contributed by atoms with E-state index in [1.165, 1.54) is 23.1 Å². The van der Waals surface area contributed by atoms with Crippen LogP contribution >= 0.6 is 23.1 Å². The van der Waals surface area contributed by atoms with Crippen molar-refractivity contribution < 1.29 is 9.32 Å². The quantitative estimate of drug-likeness (QED) is 0.836. The van der Waals surface area contributed by atoms with Crippen LogP contribution in [-0.2, 0) is 4.79 Å². The van der Waals surface area contributed by atoms with Crippen molar-refractivity contribution in [1.29, 1.82) is 0 Å². The number of likely N-dealkylation sites (tertiary alicyclic amines) is 1. The number of anilines is 1. The molecule has 10 heteroatoms. The van der Waals surface area contributed by atoms with E-state index in [9.17, 15) is 4.79 Å². The number of aryl methyl sites for hydroxylation is 1. The maximum atomic E-state index is 12.5. The van der Waals surface area contributed by atoms with Gasteiger partial charge < -0.3 is 15.2 Å². The average molecular weight is 340 g/mol. The Hall–Kier alpha value is -1.68. The molecule has 1 amide bonds. The predicted octanol–water partition coefficient (Wildman–Crippen LogP) is 1.66. The zero-order valence-electron chi connectivity index (χ0n) is 12.1. The Kier molecular flexibility index (Phi) is 4.57. The summed E-state index contributed by atoms with van der Waals surface area (Å²) in [4.78, 5) is 18.6. The minimum absolute atomic E-state index is 0.0410. The van der Waals surface area contributed by atoms with Gasteiger partial charge >= 0.3 is 0 Å². The molecule has 0 bridgehead atoms. The number of nitrogen functional groups attached to an aromatic ring is 1. The molecule has 1 saturated heterocycles. The molecule has 2 aromatic rings. The van der Waals surface area contributed by atoms with Crippen LogP contribution in [0.5, 0.6) is 0 Å². The fraction of sp³-hybridized carbons (Fsp3) is 0.583. The first kappa shape index (κ1) is 15.2. The second-order valence-corrected chi connectivity index (χ2v) is 7.20. The molecular formula is C12H16N6O2S2.